The summed E-state index contributed by atoms with van der Waals surface area (Å²) in [4.78, 5) is 23.8. The fourth-order valence-corrected chi connectivity index (χ4v) is 3.21. The lowest BCUT2D eigenvalue weighted by Crippen LogP contribution is -2.48. The smallest absolute Gasteiger partial charge is 0.308 e. The molecular weight excluding hydrogens is 256 g/mol. The maximum absolute atomic E-state index is 12.2. The first-order chi connectivity index (χ1) is 9.61. The zero-order valence-corrected chi connectivity index (χ0v) is 12.5. The Morgan fingerprint density at radius 2 is 1.90 bits per heavy atom. The van der Waals surface area contributed by atoms with Crippen molar-refractivity contribution in [1.29, 1.82) is 0 Å². The van der Waals surface area contributed by atoms with E-state index in [-0.39, 0.29) is 29.9 Å². The number of rotatable bonds is 4. The Labute approximate surface area is 120 Å². The van der Waals surface area contributed by atoms with Gasteiger partial charge in [0.2, 0.25) is 5.91 Å². The van der Waals surface area contributed by atoms with Crippen molar-refractivity contribution in [3.63, 3.8) is 0 Å². The van der Waals surface area contributed by atoms with Gasteiger partial charge in [0, 0.05) is 6.04 Å². The van der Waals surface area contributed by atoms with E-state index >= 15 is 0 Å². The van der Waals surface area contributed by atoms with E-state index in [4.69, 9.17) is 4.74 Å². The summed E-state index contributed by atoms with van der Waals surface area (Å²) in [6, 6.07) is 0.167. The van der Waals surface area contributed by atoms with Crippen LogP contribution in [0.2, 0.25) is 0 Å². The monoisotopic (exact) mass is 282 g/mol. The molecule has 1 amide bonds. The average molecular weight is 282 g/mol. The molecule has 0 aromatic heterocycles. The standard InChI is InChI=1S/C15H26N2O3/c1-3-20-15(19)11-4-6-12(7-5-11)17-14(18)13-10(2)8-9-16-13/h10-13,16H,3-9H2,1-2H3,(H,17,18). The van der Waals surface area contributed by atoms with Crippen LogP contribution >= 0.6 is 0 Å². The fraction of sp³-hybridized carbons (Fsp3) is 0.867. The highest BCUT2D eigenvalue weighted by Gasteiger charge is 2.32. The van der Waals surface area contributed by atoms with E-state index in [1.54, 1.807) is 0 Å². The van der Waals surface area contributed by atoms with Gasteiger partial charge in [0.05, 0.1) is 18.6 Å². The van der Waals surface area contributed by atoms with E-state index in [0.29, 0.717) is 12.5 Å². The van der Waals surface area contributed by atoms with Crippen LogP contribution in [-0.2, 0) is 14.3 Å². The lowest BCUT2D eigenvalue weighted by atomic mass is 9.86. The summed E-state index contributed by atoms with van der Waals surface area (Å²) in [5.74, 6) is 0.468. The molecule has 2 unspecified atom stereocenters. The Balaban J connectivity index is 1.74. The molecule has 2 atom stereocenters. The predicted molar refractivity (Wildman–Crippen MR) is 76.1 cm³/mol. The molecule has 20 heavy (non-hydrogen) atoms. The Hall–Kier alpha value is -1.10. The number of esters is 1. The first-order valence-electron chi connectivity index (χ1n) is 7.82. The normalized spacial score (nSPS) is 33.7. The van der Waals surface area contributed by atoms with Crippen molar-refractivity contribution < 1.29 is 14.3 Å². The molecule has 0 aromatic carbocycles. The van der Waals surface area contributed by atoms with Crippen LogP contribution in [0.1, 0.15) is 46.0 Å². The van der Waals surface area contributed by atoms with E-state index in [0.717, 1.165) is 38.6 Å². The molecule has 0 aromatic rings. The summed E-state index contributed by atoms with van der Waals surface area (Å²) in [6.45, 7) is 5.32. The minimum atomic E-state index is -0.0802. The Kier molecular flexibility index (Phi) is 5.40. The summed E-state index contributed by atoms with van der Waals surface area (Å²) >= 11 is 0. The minimum absolute atomic E-state index is 0.0200. The number of hydrogen-bond acceptors (Lipinski definition) is 4. The zero-order chi connectivity index (χ0) is 14.5. The van der Waals surface area contributed by atoms with Crippen LogP contribution in [-0.4, -0.2) is 37.1 Å². The quantitative estimate of drug-likeness (QED) is 0.761. The first kappa shape index (κ1) is 15.3. The van der Waals surface area contributed by atoms with E-state index in [9.17, 15) is 9.59 Å². The third-order valence-corrected chi connectivity index (χ3v) is 4.51. The topological polar surface area (TPSA) is 67.4 Å². The molecule has 2 fully saturated rings. The molecule has 5 heteroatoms. The van der Waals surface area contributed by atoms with Crippen molar-refractivity contribution >= 4 is 11.9 Å². The molecule has 1 saturated carbocycles. The van der Waals surface area contributed by atoms with Crippen molar-refractivity contribution in [3.8, 4) is 0 Å². The fourth-order valence-electron chi connectivity index (χ4n) is 3.21. The molecule has 5 nitrogen and oxygen atoms in total. The van der Waals surface area contributed by atoms with Gasteiger partial charge in [-0.2, -0.15) is 0 Å². The highest BCUT2D eigenvalue weighted by atomic mass is 16.5. The molecule has 2 rings (SSSR count). The number of hydrogen-bond donors (Lipinski definition) is 2. The molecule has 2 aliphatic rings. The van der Waals surface area contributed by atoms with Gasteiger partial charge in [0.25, 0.3) is 0 Å². The third kappa shape index (κ3) is 3.72. The van der Waals surface area contributed by atoms with Crippen molar-refractivity contribution in [2.24, 2.45) is 11.8 Å². The van der Waals surface area contributed by atoms with Gasteiger partial charge in [0.1, 0.15) is 0 Å². The molecule has 1 saturated heterocycles. The van der Waals surface area contributed by atoms with E-state index in [1.807, 2.05) is 6.92 Å². The molecule has 0 spiro atoms. The number of ether oxygens (including phenoxy) is 1. The maximum atomic E-state index is 12.2. The largest absolute Gasteiger partial charge is 0.466 e. The van der Waals surface area contributed by atoms with Crippen LogP contribution in [0.4, 0.5) is 0 Å². The second kappa shape index (κ2) is 7.07. The predicted octanol–water partition coefficient (Wildman–Crippen LogP) is 1.22. The number of nitrogens with one attached hydrogen (secondary N) is 2. The van der Waals surface area contributed by atoms with Gasteiger partial charge in [0.15, 0.2) is 0 Å². The molecular formula is C15H26N2O3. The van der Waals surface area contributed by atoms with Gasteiger partial charge in [-0.25, -0.2) is 0 Å². The SMILES string of the molecule is CCOC(=O)C1CCC(NC(=O)C2NCCC2C)CC1. The molecule has 0 radical (unpaired) electrons. The summed E-state index contributed by atoms with van der Waals surface area (Å²) in [5.41, 5.74) is 0. The number of carbonyl (C=O) groups is 2. The number of carbonyl (C=O) groups excluding carboxylic acids is 2. The summed E-state index contributed by atoms with van der Waals surface area (Å²) in [7, 11) is 0. The lowest BCUT2D eigenvalue weighted by molar-refractivity contribution is -0.149. The summed E-state index contributed by atoms with van der Waals surface area (Å²) in [6.07, 6.45) is 4.44. The average Bonchev–Trinajstić information content (AvgIpc) is 2.86. The highest BCUT2D eigenvalue weighted by molar-refractivity contribution is 5.82. The third-order valence-electron chi connectivity index (χ3n) is 4.51. The van der Waals surface area contributed by atoms with Gasteiger partial charge in [-0.3, -0.25) is 9.59 Å². The van der Waals surface area contributed by atoms with Gasteiger partial charge < -0.3 is 15.4 Å². The number of amides is 1. The Morgan fingerprint density at radius 1 is 1.20 bits per heavy atom. The van der Waals surface area contributed by atoms with Crippen molar-refractivity contribution in [1.82, 2.24) is 10.6 Å². The van der Waals surface area contributed by atoms with Crippen molar-refractivity contribution in [3.05, 3.63) is 0 Å². The van der Waals surface area contributed by atoms with E-state index in [1.165, 1.54) is 0 Å². The van der Waals surface area contributed by atoms with Gasteiger partial charge in [-0.1, -0.05) is 6.92 Å². The summed E-state index contributed by atoms with van der Waals surface area (Å²) < 4.78 is 5.06. The van der Waals surface area contributed by atoms with Gasteiger partial charge >= 0.3 is 5.97 Å². The van der Waals surface area contributed by atoms with Crippen molar-refractivity contribution in [2.75, 3.05) is 13.2 Å². The van der Waals surface area contributed by atoms with Gasteiger partial charge in [-0.15, -0.1) is 0 Å². The second-order valence-electron chi connectivity index (χ2n) is 6.01. The molecule has 1 aliphatic carbocycles. The molecule has 114 valence electrons. The zero-order valence-electron chi connectivity index (χ0n) is 12.5. The van der Waals surface area contributed by atoms with Crippen LogP contribution in [0.25, 0.3) is 0 Å². The lowest BCUT2D eigenvalue weighted by Gasteiger charge is -2.29. The Bertz CT molecular complexity index is 351. The molecule has 1 heterocycles. The molecule has 1 aliphatic heterocycles. The first-order valence-corrected chi connectivity index (χ1v) is 7.82. The van der Waals surface area contributed by atoms with Crippen LogP contribution < -0.4 is 10.6 Å². The van der Waals surface area contributed by atoms with Crippen LogP contribution in [0, 0.1) is 11.8 Å². The minimum Gasteiger partial charge on any atom is -0.466 e. The molecule has 2 N–H and O–H groups in total. The van der Waals surface area contributed by atoms with Crippen LogP contribution in [0.5, 0.6) is 0 Å². The van der Waals surface area contributed by atoms with E-state index in [2.05, 4.69) is 17.6 Å². The molecule has 0 bridgehead atoms. The van der Waals surface area contributed by atoms with Gasteiger partial charge in [-0.05, 0) is 51.5 Å². The van der Waals surface area contributed by atoms with Crippen molar-refractivity contribution in [2.45, 2.75) is 58.0 Å². The summed E-state index contributed by atoms with van der Waals surface area (Å²) in [5, 5.41) is 6.38. The second-order valence-corrected chi connectivity index (χ2v) is 6.01. The Morgan fingerprint density at radius 3 is 2.45 bits per heavy atom. The van der Waals surface area contributed by atoms with Crippen LogP contribution in [0.15, 0.2) is 0 Å². The van der Waals surface area contributed by atoms with Crippen LogP contribution in [0.3, 0.4) is 0 Å². The maximum Gasteiger partial charge on any atom is 0.308 e. The highest BCUT2D eigenvalue weighted by Crippen LogP contribution is 2.26. The van der Waals surface area contributed by atoms with E-state index < -0.39 is 0 Å².